The van der Waals surface area contributed by atoms with Crippen molar-refractivity contribution in [2.24, 2.45) is 5.92 Å². The van der Waals surface area contributed by atoms with E-state index in [4.69, 9.17) is 10.00 Å². The van der Waals surface area contributed by atoms with Crippen molar-refractivity contribution in [3.05, 3.63) is 29.3 Å². The van der Waals surface area contributed by atoms with Crippen LogP contribution in [0.1, 0.15) is 30.9 Å². The molecule has 2 heteroatoms. The molecule has 0 saturated carbocycles. The van der Waals surface area contributed by atoms with Crippen LogP contribution in [0.2, 0.25) is 0 Å². The second-order valence-corrected chi connectivity index (χ2v) is 4.10. The van der Waals surface area contributed by atoms with E-state index in [1.165, 1.54) is 0 Å². The van der Waals surface area contributed by atoms with Crippen LogP contribution in [0, 0.1) is 24.2 Å². The van der Waals surface area contributed by atoms with Crippen LogP contribution in [-0.2, 0) is 0 Å². The van der Waals surface area contributed by atoms with Gasteiger partial charge in [-0.1, -0.05) is 31.5 Å². The minimum absolute atomic E-state index is 0.0974. The fourth-order valence-electron chi connectivity index (χ4n) is 1.67. The third-order valence-electron chi connectivity index (χ3n) is 2.53. The summed E-state index contributed by atoms with van der Waals surface area (Å²) in [6, 6.07) is 8.30. The number of ether oxygens (including phenoxy) is 1. The number of aryl methyl sites for hydroxylation is 1. The first-order valence-electron chi connectivity index (χ1n) is 5.14. The zero-order valence-electron chi connectivity index (χ0n) is 9.74. The van der Waals surface area contributed by atoms with Crippen LogP contribution >= 0.6 is 0 Å². The molecule has 0 fully saturated rings. The maximum atomic E-state index is 9.16. The first-order valence-corrected chi connectivity index (χ1v) is 5.14. The summed E-state index contributed by atoms with van der Waals surface area (Å²) in [5, 5.41) is 9.16. The Hall–Kier alpha value is -1.49. The topological polar surface area (TPSA) is 33.0 Å². The van der Waals surface area contributed by atoms with Gasteiger partial charge in [0.2, 0.25) is 0 Å². The number of benzene rings is 1. The zero-order valence-corrected chi connectivity index (χ0v) is 9.74. The second-order valence-electron chi connectivity index (χ2n) is 4.10. The molecule has 1 aromatic carbocycles. The predicted octanol–water partition coefficient (Wildman–Crippen LogP) is 3.27. The van der Waals surface area contributed by atoms with Crippen molar-refractivity contribution in [2.45, 2.75) is 26.7 Å². The molecule has 1 unspecified atom stereocenters. The fourth-order valence-corrected chi connectivity index (χ4v) is 1.67. The summed E-state index contributed by atoms with van der Waals surface area (Å²) >= 11 is 0. The molecule has 1 aromatic rings. The molecule has 0 spiro atoms. The lowest BCUT2D eigenvalue weighted by atomic mass is 9.88. The quantitative estimate of drug-likeness (QED) is 0.755. The third-order valence-corrected chi connectivity index (χ3v) is 2.53. The van der Waals surface area contributed by atoms with Crippen molar-refractivity contribution in [1.82, 2.24) is 0 Å². The van der Waals surface area contributed by atoms with Gasteiger partial charge in [-0.25, -0.2) is 0 Å². The highest BCUT2D eigenvalue weighted by Crippen LogP contribution is 2.32. The van der Waals surface area contributed by atoms with Crippen molar-refractivity contribution < 1.29 is 4.74 Å². The van der Waals surface area contributed by atoms with E-state index < -0.39 is 0 Å². The lowest BCUT2D eigenvalue weighted by Gasteiger charge is -2.17. The van der Waals surface area contributed by atoms with Gasteiger partial charge in [0, 0.05) is 5.56 Å². The zero-order chi connectivity index (χ0) is 11.4. The van der Waals surface area contributed by atoms with Gasteiger partial charge in [-0.3, -0.25) is 0 Å². The normalized spacial score (nSPS) is 12.3. The Morgan fingerprint density at radius 2 is 2.00 bits per heavy atom. The number of nitriles is 1. The summed E-state index contributed by atoms with van der Waals surface area (Å²) in [5.74, 6) is 1.01. The van der Waals surface area contributed by atoms with Crippen LogP contribution in [0.15, 0.2) is 18.2 Å². The van der Waals surface area contributed by atoms with Gasteiger partial charge in [0.05, 0.1) is 19.1 Å². The summed E-state index contributed by atoms with van der Waals surface area (Å²) < 4.78 is 5.28. The maximum Gasteiger partial charge on any atom is 0.123 e. The van der Waals surface area contributed by atoms with Gasteiger partial charge in [0.1, 0.15) is 5.75 Å². The Labute approximate surface area is 91.5 Å². The van der Waals surface area contributed by atoms with Gasteiger partial charge in [0.15, 0.2) is 0 Å². The first kappa shape index (κ1) is 11.6. The smallest absolute Gasteiger partial charge is 0.123 e. The minimum atomic E-state index is -0.0974. The highest BCUT2D eigenvalue weighted by molar-refractivity contribution is 5.42. The summed E-state index contributed by atoms with van der Waals surface area (Å²) in [4.78, 5) is 0. The first-order chi connectivity index (χ1) is 7.10. The molecule has 0 aliphatic heterocycles. The van der Waals surface area contributed by atoms with Crippen molar-refractivity contribution in [2.75, 3.05) is 7.11 Å². The van der Waals surface area contributed by atoms with Gasteiger partial charge in [-0.2, -0.15) is 5.26 Å². The molecule has 0 amide bonds. The standard InChI is InChI=1S/C13H17NO/c1-9(2)12(8-14)11-7-10(3)5-6-13(11)15-4/h5-7,9,12H,1-4H3. The van der Waals surface area contributed by atoms with E-state index in [1.807, 2.05) is 25.1 Å². The van der Waals surface area contributed by atoms with Gasteiger partial charge in [-0.15, -0.1) is 0 Å². The van der Waals surface area contributed by atoms with Crippen LogP contribution in [0.25, 0.3) is 0 Å². The molecule has 0 bridgehead atoms. The highest BCUT2D eigenvalue weighted by Gasteiger charge is 2.19. The molecule has 1 rings (SSSR count). The molecule has 2 nitrogen and oxygen atoms in total. The molecule has 0 saturated heterocycles. The molecular formula is C13H17NO. The largest absolute Gasteiger partial charge is 0.496 e. The van der Waals surface area contributed by atoms with E-state index in [-0.39, 0.29) is 5.92 Å². The van der Waals surface area contributed by atoms with E-state index in [0.717, 1.165) is 16.9 Å². The molecule has 1 atom stereocenters. The van der Waals surface area contributed by atoms with Crippen LogP contribution in [0.4, 0.5) is 0 Å². The Morgan fingerprint density at radius 1 is 1.33 bits per heavy atom. The number of hydrogen-bond donors (Lipinski definition) is 0. The van der Waals surface area contributed by atoms with Gasteiger partial charge in [0.25, 0.3) is 0 Å². The van der Waals surface area contributed by atoms with E-state index in [1.54, 1.807) is 7.11 Å². The molecule has 15 heavy (non-hydrogen) atoms. The molecular weight excluding hydrogens is 186 g/mol. The fraction of sp³-hybridized carbons (Fsp3) is 0.462. The third kappa shape index (κ3) is 2.50. The summed E-state index contributed by atoms with van der Waals surface area (Å²) in [5.41, 5.74) is 2.15. The minimum Gasteiger partial charge on any atom is -0.496 e. The maximum absolute atomic E-state index is 9.16. The monoisotopic (exact) mass is 203 g/mol. The van der Waals surface area contributed by atoms with E-state index in [2.05, 4.69) is 19.9 Å². The van der Waals surface area contributed by atoms with Gasteiger partial charge >= 0.3 is 0 Å². The average Bonchev–Trinajstić information content (AvgIpc) is 2.18. The summed E-state index contributed by atoms with van der Waals surface area (Å²) in [6.07, 6.45) is 0. The summed E-state index contributed by atoms with van der Waals surface area (Å²) in [6.45, 7) is 6.13. The van der Waals surface area contributed by atoms with Crippen LogP contribution in [0.3, 0.4) is 0 Å². The van der Waals surface area contributed by atoms with Crippen LogP contribution in [0.5, 0.6) is 5.75 Å². The molecule has 0 aliphatic carbocycles. The van der Waals surface area contributed by atoms with Crippen molar-refractivity contribution >= 4 is 0 Å². The average molecular weight is 203 g/mol. The number of rotatable bonds is 3. The van der Waals surface area contributed by atoms with Crippen LogP contribution in [-0.4, -0.2) is 7.11 Å². The highest BCUT2D eigenvalue weighted by atomic mass is 16.5. The van der Waals surface area contributed by atoms with Crippen LogP contribution < -0.4 is 4.74 Å². The van der Waals surface area contributed by atoms with E-state index in [9.17, 15) is 0 Å². The molecule has 0 radical (unpaired) electrons. The van der Waals surface area contributed by atoms with Gasteiger partial charge < -0.3 is 4.74 Å². The Kier molecular flexibility index (Phi) is 3.74. The lowest BCUT2D eigenvalue weighted by molar-refractivity contribution is 0.403. The lowest BCUT2D eigenvalue weighted by Crippen LogP contribution is -2.06. The second kappa shape index (κ2) is 4.84. The number of nitrogens with zero attached hydrogens (tertiary/aromatic N) is 1. The Bertz CT molecular complexity index is 377. The van der Waals surface area contributed by atoms with Crippen molar-refractivity contribution in [1.29, 1.82) is 5.26 Å². The number of methoxy groups -OCH3 is 1. The van der Waals surface area contributed by atoms with Crippen molar-refractivity contribution in [3.8, 4) is 11.8 Å². The van der Waals surface area contributed by atoms with Gasteiger partial charge in [-0.05, 0) is 18.9 Å². The molecule has 0 aliphatic rings. The van der Waals surface area contributed by atoms with E-state index in [0.29, 0.717) is 5.92 Å². The molecule has 0 N–H and O–H groups in total. The Morgan fingerprint density at radius 3 is 2.47 bits per heavy atom. The SMILES string of the molecule is COc1ccc(C)cc1C(C#N)C(C)C. The van der Waals surface area contributed by atoms with E-state index >= 15 is 0 Å². The molecule has 80 valence electrons. The predicted molar refractivity (Wildman–Crippen MR) is 60.9 cm³/mol. The summed E-state index contributed by atoms with van der Waals surface area (Å²) in [7, 11) is 1.64. The Balaban J connectivity index is 3.21. The molecule has 0 heterocycles. The molecule has 0 aromatic heterocycles. The van der Waals surface area contributed by atoms with Crippen molar-refractivity contribution in [3.63, 3.8) is 0 Å². The number of hydrogen-bond acceptors (Lipinski definition) is 2.